The molecule has 0 aliphatic carbocycles. The molecule has 2 rings (SSSR count). The maximum atomic E-state index is 11.4. The fourth-order valence-electron chi connectivity index (χ4n) is 3.04. The zero-order valence-electron chi connectivity index (χ0n) is 13.5. The van der Waals surface area contributed by atoms with Gasteiger partial charge in [0.05, 0.1) is 11.5 Å². The monoisotopic (exact) mass is 311 g/mol. The standard InChI is InChI=1S/C14H25N5O3/c1-4-12-13(19(21)22)14(16(3)15-12)18-7-5-6-17(8-9-18)11(2)10-20/h11,20H,4-10H2,1-3H3/t11-/m1/s1. The number of rotatable bonds is 5. The van der Waals surface area contributed by atoms with Gasteiger partial charge in [0.2, 0.25) is 5.82 Å². The maximum absolute atomic E-state index is 11.4. The van der Waals surface area contributed by atoms with E-state index in [1.54, 1.807) is 11.7 Å². The molecule has 2 heterocycles. The zero-order chi connectivity index (χ0) is 16.3. The van der Waals surface area contributed by atoms with Crippen LogP contribution in [0.2, 0.25) is 0 Å². The van der Waals surface area contributed by atoms with E-state index in [1.165, 1.54) is 0 Å². The molecule has 1 aliphatic rings. The number of aliphatic hydroxyl groups excluding tert-OH is 1. The van der Waals surface area contributed by atoms with Gasteiger partial charge in [0.25, 0.3) is 0 Å². The molecule has 0 radical (unpaired) electrons. The topological polar surface area (TPSA) is 87.7 Å². The molecule has 8 heteroatoms. The summed E-state index contributed by atoms with van der Waals surface area (Å²) < 4.78 is 1.63. The Balaban J connectivity index is 2.25. The normalized spacial score (nSPS) is 18.3. The molecule has 0 amide bonds. The average Bonchev–Trinajstić information content (AvgIpc) is 2.68. The minimum Gasteiger partial charge on any atom is -0.395 e. The Morgan fingerprint density at radius 3 is 2.68 bits per heavy atom. The number of nitro groups is 1. The van der Waals surface area contributed by atoms with Gasteiger partial charge < -0.3 is 10.0 Å². The summed E-state index contributed by atoms with van der Waals surface area (Å²) in [6.45, 7) is 7.15. The highest BCUT2D eigenvalue weighted by molar-refractivity contribution is 5.61. The first kappa shape index (κ1) is 16.7. The van der Waals surface area contributed by atoms with E-state index < -0.39 is 0 Å². The number of nitrogens with zero attached hydrogens (tertiary/aromatic N) is 5. The maximum Gasteiger partial charge on any atom is 0.334 e. The van der Waals surface area contributed by atoms with Crippen LogP contribution in [0.5, 0.6) is 0 Å². The number of aryl methyl sites for hydroxylation is 2. The third-order valence-corrected chi connectivity index (χ3v) is 4.30. The average molecular weight is 311 g/mol. The fraction of sp³-hybridized carbons (Fsp3) is 0.786. The Morgan fingerprint density at radius 1 is 1.36 bits per heavy atom. The summed E-state index contributed by atoms with van der Waals surface area (Å²) >= 11 is 0. The Labute approximate surface area is 130 Å². The molecule has 0 aromatic carbocycles. The summed E-state index contributed by atoms with van der Waals surface area (Å²) in [5.41, 5.74) is 0.668. The van der Waals surface area contributed by atoms with E-state index in [9.17, 15) is 15.2 Å². The van der Waals surface area contributed by atoms with Gasteiger partial charge in [0.15, 0.2) is 0 Å². The first-order chi connectivity index (χ1) is 10.5. The molecule has 1 saturated heterocycles. The van der Waals surface area contributed by atoms with Crippen LogP contribution < -0.4 is 4.90 Å². The Morgan fingerprint density at radius 2 is 2.09 bits per heavy atom. The summed E-state index contributed by atoms with van der Waals surface area (Å²) in [4.78, 5) is 15.4. The highest BCUT2D eigenvalue weighted by atomic mass is 16.6. The number of aromatic nitrogens is 2. The molecule has 1 aromatic heterocycles. The summed E-state index contributed by atoms with van der Waals surface area (Å²) in [6.07, 6.45) is 1.46. The molecule has 1 atom stereocenters. The molecule has 0 bridgehead atoms. The SMILES string of the molecule is CCc1nn(C)c(N2CCCN([C@H](C)CO)CC2)c1[N+](=O)[O-]. The van der Waals surface area contributed by atoms with Crippen molar-refractivity contribution in [3.05, 3.63) is 15.8 Å². The molecular weight excluding hydrogens is 286 g/mol. The Kier molecular flexibility index (Phi) is 5.36. The number of hydrogen-bond donors (Lipinski definition) is 1. The van der Waals surface area contributed by atoms with Crippen molar-refractivity contribution in [3.8, 4) is 0 Å². The molecule has 1 N–H and O–H groups in total. The Bertz CT molecular complexity index is 531. The van der Waals surface area contributed by atoms with Gasteiger partial charge in [0, 0.05) is 39.3 Å². The van der Waals surface area contributed by atoms with Crippen molar-refractivity contribution in [1.82, 2.24) is 14.7 Å². The number of aliphatic hydroxyl groups is 1. The number of anilines is 1. The largest absolute Gasteiger partial charge is 0.395 e. The summed E-state index contributed by atoms with van der Waals surface area (Å²) in [5.74, 6) is 0.598. The van der Waals surface area contributed by atoms with Crippen LogP contribution in [0.15, 0.2) is 0 Å². The third-order valence-electron chi connectivity index (χ3n) is 4.30. The lowest BCUT2D eigenvalue weighted by Gasteiger charge is -2.26. The highest BCUT2D eigenvalue weighted by Crippen LogP contribution is 2.32. The van der Waals surface area contributed by atoms with E-state index in [2.05, 4.69) is 10.00 Å². The number of hydrogen-bond acceptors (Lipinski definition) is 6. The Hall–Kier alpha value is -1.67. The molecule has 0 spiro atoms. The van der Waals surface area contributed by atoms with Crippen molar-refractivity contribution in [2.24, 2.45) is 7.05 Å². The molecule has 1 aliphatic heterocycles. The van der Waals surface area contributed by atoms with Crippen LogP contribution in [0.4, 0.5) is 11.5 Å². The van der Waals surface area contributed by atoms with Crippen LogP contribution in [0.1, 0.15) is 26.0 Å². The van der Waals surface area contributed by atoms with E-state index in [-0.39, 0.29) is 23.3 Å². The summed E-state index contributed by atoms with van der Waals surface area (Å²) in [6, 6.07) is 0.118. The molecule has 1 aromatic rings. The minimum absolute atomic E-state index is 0.118. The first-order valence-electron chi connectivity index (χ1n) is 7.79. The summed E-state index contributed by atoms with van der Waals surface area (Å²) in [5, 5.41) is 25.0. The van der Waals surface area contributed by atoms with Crippen molar-refractivity contribution < 1.29 is 10.0 Å². The van der Waals surface area contributed by atoms with Gasteiger partial charge in [-0.25, -0.2) is 4.68 Å². The molecule has 1 fully saturated rings. The van der Waals surface area contributed by atoms with Gasteiger partial charge in [-0.15, -0.1) is 0 Å². The van der Waals surface area contributed by atoms with Crippen LogP contribution >= 0.6 is 0 Å². The van der Waals surface area contributed by atoms with Crippen LogP contribution in [0.25, 0.3) is 0 Å². The minimum atomic E-state index is -0.319. The third kappa shape index (κ3) is 3.22. The molecule has 0 saturated carbocycles. The van der Waals surface area contributed by atoms with Crippen molar-refractivity contribution in [1.29, 1.82) is 0 Å². The fourth-order valence-corrected chi connectivity index (χ4v) is 3.04. The van der Waals surface area contributed by atoms with Crippen LogP contribution in [-0.2, 0) is 13.5 Å². The first-order valence-corrected chi connectivity index (χ1v) is 7.79. The van der Waals surface area contributed by atoms with E-state index >= 15 is 0 Å². The van der Waals surface area contributed by atoms with Gasteiger partial charge in [0.1, 0.15) is 5.69 Å². The molecule has 22 heavy (non-hydrogen) atoms. The predicted octanol–water partition coefficient (Wildman–Crippen LogP) is 0.784. The molecule has 8 nitrogen and oxygen atoms in total. The lowest BCUT2D eigenvalue weighted by Crippen LogP contribution is -2.39. The van der Waals surface area contributed by atoms with E-state index in [4.69, 9.17) is 0 Å². The molecule has 0 unspecified atom stereocenters. The second-order valence-electron chi connectivity index (χ2n) is 5.76. The van der Waals surface area contributed by atoms with E-state index in [0.29, 0.717) is 24.5 Å². The van der Waals surface area contributed by atoms with Gasteiger partial charge in [-0.05, 0) is 19.8 Å². The highest BCUT2D eigenvalue weighted by Gasteiger charge is 2.31. The van der Waals surface area contributed by atoms with Gasteiger partial charge in [-0.3, -0.25) is 15.0 Å². The lowest BCUT2D eigenvalue weighted by atomic mass is 10.2. The second kappa shape index (κ2) is 7.06. The second-order valence-corrected chi connectivity index (χ2v) is 5.76. The van der Waals surface area contributed by atoms with Gasteiger partial charge in [-0.2, -0.15) is 5.10 Å². The van der Waals surface area contributed by atoms with Crippen molar-refractivity contribution >= 4 is 11.5 Å². The van der Waals surface area contributed by atoms with E-state index in [1.807, 2.05) is 18.7 Å². The van der Waals surface area contributed by atoms with Crippen molar-refractivity contribution in [3.63, 3.8) is 0 Å². The van der Waals surface area contributed by atoms with Crippen molar-refractivity contribution in [2.45, 2.75) is 32.7 Å². The zero-order valence-corrected chi connectivity index (χ0v) is 13.5. The predicted molar refractivity (Wildman–Crippen MR) is 84.2 cm³/mol. The lowest BCUT2D eigenvalue weighted by molar-refractivity contribution is -0.384. The smallest absolute Gasteiger partial charge is 0.334 e. The van der Waals surface area contributed by atoms with Gasteiger partial charge in [-0.1, -0.05) is 6.92 Å². The van der Waals surface area contributed by atoms with Crippen molar-refractivity contribution in [2.75, 3.05) is 37.7 Å². The summed E-state index contributed by atoms with van der Waals surface area (Å²) in [7, 11) is 1.76. The van der Waals surface area contributed by atoms with Crippen LogP contribution in [0, 0.1) is 10.1 Å². The quantitative estimate of drug-likeness (QED) is 0.639. The molecular formula is C14H25N5O3. The van der Waals surface area contributed by atoms with Crippen LogP contribution in [0.3, 0.4) is 0 Å². The van der Waals surface area contributed by atoms with Crippen LogP contribution in [-0.4, -0.2) is 63.5 Å². The molecule has 124 valence electrons. The van der Waals surface area contributed by atoms with E-state index in [0.717, 1.165) is 26.1 Å². The van der Waals surface area contributed by atoms with Gasteiger partial charge >= 0.3 is 5.69 Å².